The molecule has 1 aromatic rings. The van der Waals surface area contributed by atoms with E-state index in [0.717, 1.165) is 4.68 Å². The number of nitrogens with two attached hydrogens (primary N) is 1. The van der Waals surface area contributed by atoms with E-state index in [1.165, 1.54) is 12.3 Å². The molecule has 4 N–H and O–H groups in total. The van der Waals surface area contributed by atoms with Crippen LogP contribution in [0.25, 0.3) is 0 Å². The number of nitrogens with one attached hydrogen (secondary N) is 1. The van der Waals surface area contributed by atoms with Crippen LogP contribution in [-0.4, -0.2) is 39.0 Å². The second kappa shape index (κ2) is 4.96. The van der Waals surface area contributed by atoms with Gasteiger partial charge in [-0.2, -0.15) is 9.78 Å². The Balaban J connectivity index is 2.48. The molecule has 0 aromatic carbocycles. The molecule has 7 nitrogen and oxygen atoms in total. The van der Waals surface area contributed by atoms with E-state index < -0.39 is 11.6 Å². The van der Waals surface area contributed by atoms with E-state index in [1.807, 2.05) is 0 Å². The molecule has 0 unspecified atom stereocenters. The van der Waals surface area contributed by atoms with Crippen LogP contribution < -0.4 is 11.1 Å². The van der Waals surface area contributed by atoms with E-state index >= 15 is 0 Å². The first-order chi connectivity index (χ1) is 7.78. The Morgan fingerprint density at radius 1 is 1.59 bits per heavy atom. The predicted octanol–water partition coefficient (Wildman–Crippen LogP) is -0.760. The van der Waals surface area contributed by atoms with Crippen LogP contribution in [0.4, 0.5) is 4.79 Å². The van der Waals surface area contributed by atoms with Crippen LogP contribution in [0, 0.1) is 0 Å². The summed E-state index contributed by atoms with van der Waals surface area (Å²) >= 11 is 0. The molecule has 0 aliphatic heterocycles. The van der Waals surface area contributed by atoms with Crippen LogP contribution in [0.3, 0.4) is 0 Å². The predicted molar refractivity (Wildman–Crippen MR) is 60.2 cm³/mol. The number of carbonyl (C=O) groups is 2. The number of aliphatic hydroxyl groups is 1. The van der Waals surface area contributed by atoms with Crippen molar-refractivity contribution in [1.82, 2.24) is 15.1 Å². The van der Waals surface area contributed by atoms with Gasteiger partial charge in [0.05, 0.1) is 17.7 Å². The third-order valence-corrected chi connectivity index (χ3v) is 1.93. The fourth-order valence-corrected chi connectivity index (χ4v) is 1.12. The molecule has 1 aromatic heterocycles. The SMILES string of the molecule is CC(C)(O)CNC(=O)Cc1ccn(C(N)=O)n1. The van der Waals surface area contributed by atoms with Crippen LogP contribution in [0.1, 0.15) is 19.5 Å². The van der Waals surface area contributed by atoms with Gasteiger partial charge in [0, 0.05) is 12.7 Å². The molecule has 0 radical (unpaired) electrons. The summed E-state index contributed by atoms with van der Waals surface area (Å²) in [6, 6.07) is 0.835. The van der Waals surface area contributed by atoms with Gasteiger partial charge in [-0.05, 0) is 19.9 Å². The van der Waals surface area contributed by atoms with Gasteiger partial charge in [-0.25, -0.2) is 4.79 Å². The van der Waals surface area contributed by atoms with Gasteiger partial charge in [0.1, 0.15) is 0 Å². The maximum atomic E-state index is 11.5. The van der Waals surface area contributed by atoms with Crippen molar-refractivity contribution in [2.75, 3.05) is 6.54 Å². The summed E-state index contributed by atoms with van der Waals surface area (Å²) in [5.41, 5.74) is 4.49. The van der Waals surface area contributed by atoms with Crippen molar-refractivity contribution < 1.29 is 14.7 Å². The van der Waals surface area contributed by atoms with Crippen LogP contribution in [-0.2, 0) is 11.2 Å². The van der Waals surface area contributed by atoms with Crippen LogP contribution >= 0.6 is 0 Å². The Bertz CT molecular complexity index is 419. The van der Waals surface area contributed by atoms with E-state index in [0.29, 0.717) is 5.69 Å². The Hall–Kier alpha value is -1.89. The molecule has 17 heavy (non-hydrogen) atoms. The summed E-state index contributed by atoms with van der Waals surface area (Å²) < 4.78 is 0.957. The van der Waals surface area contributed by atoms with Crippen LogP contribution in [0.15, 0.2) is 12.3 Å². The molecule has 94 valence electrons. The average Bonchev–Trinajstić information content (AvgIpc) is 2.62. The molecule has 1 rings (SSSR count). The van der Waals surface area contributed by atoms with Crippen LogP contribution in [0.5, 0.6) is 0 Å². The van der Waals surface area contributed by atoms with Gasteiger partial charge >= 0.3 is 6.03 Å². The van der Waals surface area contributed by atoms with E-state index in [9.17, 15) is 14.7 Å². The van der Waals surface area contributed by atoms with Crippen molar-refractivity contribution in [3.05, 3.63) is 18.0 Å². The molecular weight excluding hydrogens is 224 g/mol. The summed E-state index contributed by atoms with van der Waals surface area (Å²) in [7, 11) is 0. The van der Waals surface area contributed by atoms with E-state index in [1.54, 1.807) is 13.8 Å². The maximum absolute atomic E-state index is 11.5. The normalized spacial score (nSPS) is 11.2. The average molecular weight is 240 g/mol. The van der Waals surface area contributed by atoms with Crippen molar-refractivity contribution in [1.29, 1.82) is 0 Å². The van der Waals surface area contributed by atoms with Gasteiger partial charge in [0.25, 0.3) is 0 Å². The third-order valence-electron chi connectivity index (χ3n) is 1.93. The number of aromatic nitrogens is 2. The number of carbonyl (C=O) groups excluding carboxylic acids is 2. The first-order valence-electron chi connectivity index (χ1n) is 5.11. The van der Waals surface area contributed by atoms with Crippen molar-refractivity contribution in [3.8, 4) is 0 Å². The minimum Gasteiger partial charge on any atom is -0.389 e. The highest BCUT2D eigenvalue weighted by atomic mass is 16.3. The first kappa shape index (κ1) is 13.2. The van der Waals surface area contributed by atoms with E-state index in [-0.39, 0.29) is 18.9 Å². The Kier molecular flexibility index (Phi) is 3.84. The Morgan fingerprint density at radius 2 is 2.24 bits per heavy atom. The van der Waals surface area contributed by atoms with Crippen molar-refractivity contribution in [2.24, 2.45) is 5.73 Å². The lowest BCUT2D eigenvalue weighted by atomic mass is 10.1. The zero-order chi connectivity index (χ0) is 13.1. The zero-order valence-electron chi connectivity index (χ0n) is 9.80. The van der Waals surface area contributed by atoms with Gasteiger partial charge in [-0.1, -0.05) is 0 Å². The topological polar surface area (TPSA) is 110 Å². The lowest BCUT2D eigenvalue weighted by Gasteiger charge is -2.17. The largest absolute Gasteiger partial charge is 0.389 e. The Morgan fingerprint density at radius 3 is 2.71 bits per heavy atom. The third kappa shape index (κ3) is 4.64. The number of hydrogen-bond donors (Lipinski definition) is 3. The van der Waals surface area contributed by atoms with Crippen LogP contribution in [0.2, 0.25) is 0 Å². The van der Waals surface area contributed by atoms with Gasteiger partial charge in [-0.3, -0.25) is 4.79 Å². The number of primary amides is 1. The molecule has 0 spiro atoms. The molecule has 0 atom stereocenters. The molecular formula is C10H16N4O3. The minimum absolute atomic E-state index is 0.0381. The van der Waals surface area contributed by atoms with Gasteiger partial charge in [-0.15, -0.1) is 0 Å². The standard InChI is InChI=1S/C10H16N4O3/c1-10(2,17)6-12-8(15)5-7-3-4-14(13-7)9(11)16/h3-4,17H,5-6H2,1-2H3,(H2,11,16)(H,12,15). The molecule has 2 amide bonds. The second-order valence-corrected chi connectivity index (χ2v) is 4.36. The summed E-state index contributed by atoms with van der Waals surface area (Å²) in [6.07, 6.45) is 1.43. The first-order valence-corrected chi connectivity index (χ1v) is 5.11. The summed E-state index contributed by atoms with van der Waals surface area (Å²) in [5.74, 6) is -0.276. The molecule has 0 aliphatic rings. The number of nitrogens with zero attached hydrogens (tertiary/aromatic N) is 2. The zero-order valence-corrected chi connectivity index (χ0v) is 9.80. The second-order valence-electron chi connectivity index (χ2n) is 4.36. The van der Waals surface area contributed by atoms with Crippen molar-refractivity contribution in [3.63, 3.8) is 0 Å². The number of rotatable bonds is 4. The highest BCUT2D eigenvalue weighted by molar-refractivity contribution is 5.78. The fraction of sp³-hybridized carbons (Fsp3) is 0.500. The molecule has 0 bridgehead atoms. The highest BCUT2D eigenvalue weighted by Crippen LogP contribution is 1.99. The lowest BCUT2D eigenvalue weighted by Crippen LogP contribution is -2.38. The quantitative estimate of drug-likeness (QED) is 0.642. The molecule has 7 heteroatoms. The van der Waals surface area contributed by atoms with Crippen molar-refractivity contribution >= 4 is 11.9 Å². The van der Waals surface area contributed by atoms with Gasteiger partial charge in [0.15, 0.2) is 0 Å². The summed E-state index contributed by atoms with van der Waals surface area (Å²) in [5, 5.41) is 15.8. The molecule has 1 heterocycles. The summed E-state index contributed by atoms with van der Waals surface area (Å²) in [4.78, 5) is 22.2. The van der Waals surface area contributed by atoms with Crippen molar-refractivity contribution in [2.45, 2.75) is 25.9 Å². The highest BCUT2D eigenvalue weighted by Gasteiger charge is 2.14. The smallest absolute Gasteiger partial charge is 0.339 e. The van der Waals surface area contributed by atoms with Gasteiger partial charge < -0.3 is 16.2 Å². The molecule has 0 saturated heterocycles. The fourth-order valence-electron chi connectivity index (χ4n) is 1.12. The number of hydrogen-bond acceptors (Lipinski definition) is 4. The minimum atomic E-state index is -0.956. The molecule has 0 fully saturated rings. The van der Waals surface area contributed by atoms with E-state index in [4.69, 9.17) is 5.73 Å². The summed E-state index contributed by atoms with van der Waals surface area (Å²) in [6.45, 7) is 3.34. The van der Waals surface area contributed by atoms with Gasteiger partial charge in [0.2, 0.25) is 5.91 Å². The van der Waals surface area contributed by atoms with E-state index in [2.05, 4.69) is 10.4 Å². The monoisotopic (exact) mass is 240 g/mol. The lowest BCUT2D eigenvalue weighted by molar-refractivity contribution is -0.121. The molecule has 0 saturated carbocycles. The maximum Gasteiger partial charge on any atom is 0.339 e. The number of amides is 2. The Labute approximate surface area is 98.6 Å². The molecule has 0 aliphatic carbocycles.